The molecule has 1 aliphatic rings. The van der Waals surface area contributed by atoms with E-state index in [0.717, 1.165) is 16.7 Å². The molecule has 174 valence electrons. The second-order valence-corrected chi connectivity index (χ2v) is 10.8. The van der Waals surface area contributed by atoms with Crippen LogP contribution in [0.2, 0.25) is 0 Å². The van der Waals surface area contributed by atoms with Crippen LogP contribution < -0.4 is 10.1 Å². The van der Waals surface area contributed by atoms with Crippen molar-refractivity contribution >= 4 is 15.9 Å². The number of rotatable bonds is 6. The molecular formula is C25H34N2O4S. The second-order valence-electron chi connectivity index (χ2n) is 8.88. The fraction of sp³-hybridized carbons (Fsp3) is 0.480. The van der Waals surface area contributed by atoms with Crippen LogP contribution in [0.4, 0.5) is 0 Å². The normalized spacial score (nSPS) is 18.2. The number of carbonyl (C=O) groups is 1. The summed E-state index contributed by atoms with van der Waals surface area (Å²) in [6.45, 7) is 10.6. The Kier molecular flexibility index (Phi) is 7.30. The molecule has 0 aliphatic carbocycles. The summed E-state index contributed by atoms with van der Waals surface area (Å²) in [4.78, 5) is 13.2. The third-order valence-corrected chi connectivity index (χ3v) is 8.29. The minimum Gasteiger partial charge on any atom is -0.495 e. The number of nitrogens with zero attached hydrogens (tertiary/aromatic N) is 1. The Hall–Kier alpha value is -2.38. The molecule has 0 bridgehead atoms. The molecule has 2 aromatic carbocycles. The van der Waals surface area contributed by atoms with Crippen molar-refractivity contribution in [1.82, 2.24) is 9.62 Å². The Morgan fingerprint density at radius 2 is 1.78 bits per heavy atom. The largest absolute Gasteiger partial charge is 0.495 e. The maximum Gasteiger partial charge on any atom is 0.246 e. The number of aryl methyl sites for hydroxylation is 4. The number of nitrogens with one attached hydrogen (secondary N) is 1. The lowest BCUT2D eigenvalue weighted by Crippen LogP contribution is -2.45. The Morgan fingerprint density at radius 1 is 1.09 bits per heavy atom. The zero-order chi connectivity index (χ0) is 23.6. The summed E-state index contributed by atoms with van der Waals surface area (Å²) in [5.41, 5.74) is 5.48. The molecule has 0 radical (unpaired) electrons. The molecule has 1 saturated heterocycles. The van der Waals surface area contributed by atoms with Crippen molar-refractivity contribution in [2.45, 2.75) is 58.4 Å². The third-order valence-electron chi connectivity index (χ3n) is 6.40. The summed E-state index contributed by atoms with van der Waals surface area (Å²) in [6.07, 6.45) is 1.31. The number of sulfonamides is 1. The van der Waals surface area contributed by atoms with Gasteiger partial charge in [0.15, 0.2) is 0 Å². The maximum absolute atomic E-state index is 13.4. The highest BCUT2D eigenvalue weighted by molar-refractivity contribution is 7.89. The van der Waals surface area contributed by atoms with Gasteiger partial charge < -0.3 is 10.1 Å². The van der Waals surface area contributed by atoms with Crippen molar-refractivity contribution in [3.63, 3.8) is 0 Å². The van der Waals surface area contributed by atoms with Crippen LogP contribution in [0.1, 0.15) is 53.6 Å². The van der Waals surface area contributed by atoms with Gasteiger partial charge in [-0.2, -0.15) is 4.31 Å². The topological polar surface area (TPSA) is 75.7 Å². The molecule has 1 N–H and O–H groups in total. The molecule has 32 heavy (non-hydrogen) atoms. The van der Waals surface area contributed by atoms with E-state index >= 15 is 0 Å². The van der Waals surface area contributed by atoms with Crippen LogP contribution in [0.15, 0.2) is 35.2 Å². The monoisotopic (exact) mass is 458 g/mol. The fourth-order valence-corrected chi connectivity index (χ4v) is 6.12. The highest BCUT2D eigenvalue weighted by atomic mass is 32.2. The van der Waals surface area contributed by atoms with E-state index in [1.165, 1.54) is 22.5 Å². The molecule has 1 heterocycles. The number of ether oxygens (including phenoxy) is 1. The smallest absolute Gasteiger partial charge is 0.246 e. The van der Waals surface area contributed by atoms with Crippen molar-refractivity contribution in [2.75, 3.05) is 20.2 Å². The van der Waals surface area contributed by atoms with E-state index in [2.05, 4.69) is 38.2 Å². The Labute approximate surface area is 192 Å². The first kappa shape index (κ1) is 24.3. The van der Waals surface area contributed by atoms with Crippen molar-refractivity contribution in [3.05, 3.63) is 58.1 Å². The molecule has 1 aliphatic heterocycles. The van der Waals surface area contributed by atoms with E-state index in [4.69, 9.17) is 4.74 Å². The molecule has 1 fully saturated rings. The minimum absolute atomic E-state index is 0.105. The van der Waals surface area contributed by atoms with Crippen LogP contribution in [0, 0.1) is 33.6 Å². The Morgan fingerprint density at radius 3 is 2.47 bits per heavy atom. The van der Waals surface area contributed by atoms with Gasteiger partial charge in [0.2, 0.25) is 15.9 Å². The number of amides is 1. The Bertz CT molecular complexity index is 1110. The number of methoxy groups -OCH3 is 1. The quantitative estimate of drug-likeness (QED) is 0.704. The van der Waals surface area contributed by atoms with Gasteiger partial charge in [-0.05, 0) is 87.4 Å². The minimum atomic E-state index is -3.76. The molecule has 2 atom stereocenters. The SMILES string of the molecule is COc1ccc(C)cc1S(=O)(=O)N1CCC[C@@H](C(=O)N[C@H](C)c2cc(C)c(C)cc2C)C1. The van der Waals surface area contributed by atoms with Crippen molar-refractivity contribution in [2.24, 2.45) is 5.92 Å². The highest BCUT2D eigenvalue weighted by Crippen LogP contribution is 2.31. The molecule has 1 amide bonds. The number of piperidine rings is 1. The number of carbonyl (C=O) groups excluding carboxylic acids is 1. The maximum atomic E-state index is 13.4. The summed E-state index contributed by atoms with van der Waals surface area (Å²) in [6, 6.07) is 9.23. The molecule has 0 spiro atoms. The van der Waals surface area contributed by atoms with Gasteiger partial charge in [0, 0.05) is 13.1 Å². The first-order valence-electron chi connectivity index (χ1n) is 11.1. The zero-order valence-corrected chi connectivity index (χ0v) is 20.7. The predicted octanol–water partition coefficient (Wildman–Crippen LogP) is 4.21. The van der Waals surface area contributed by atoms with Crippen molar-refractivity contribution < 1.29 is 17.9 Å². The molecule has 3 rings (SSSR count). The van der Waals surface area contributed by atoms with Gasteiger partial charge in [-0.1, -0.05) is 18.2 Å². The first-order chi connectivity index (χ1) is 15.0. The van der Waals surface area contributed by atoms with Crippen LogP contribution in [0.5, 0.6) is 5.75 Å². The summed E-state index contributed by atoms with van der Waals surface area (Å²) in [7, 11) is -2.30. The average Bonchev–Trinajstić information content (AvgIpc) is 2.76. The van der Waals surface area contributed by atoms with Gasteiger partial charge in [0.1, 0.15) is 10.6 Å². The lowest BCUT2D eigenvalue weighted by atomic mass is 9.95. The molecule has 0 unspecified atom stereocenters. The van der Waals surface area contributed by atoms with Crippen LogP contribution in [-0.4, -0.2) is 38.8 Å². The number of benzene rings is 2. The van der Waals surface area contributed by atoms with E-state index in [0.29, 0.717) is 25.1 Å². The predicted molar refractivity (Wildman–Crippen MR) is 126 cm³/mol. The summed E-state index contributed by atoms with van der Waals surface area (Å²) < 4.78 is 33.4. The first-order valence-corrected chi connectivity index (χ1v) is 12.5. The van der Waals surface area contributed by atoms with Crippen LogP contribution in [0.3, 0.4) is 0 Å². The lowest BCUT2D eigenvalue weighted by molar-refractivity contribution is -0.126. The summed E-state index contributed by atoms with van der Waals surface area (Å²) >= 11 is 0. The molecule has 2 aromatic rings. The van der Waals surface area contributed by atoms with Gasteiger partial charge in [0.05, 0.1) is 19.1 Å². The molecular weight excluding hydrogens is 424 g/mol. The Balaban J connectivity index is 1.76. The molecule has 6 nitrogen and oxygen atoms in total. The average molecular weight is 459 g/mol. The van der Waals surface area contributed by atoms with Crippen LogP contribution >= 0.6 is 0 Å². The number of hydrogen-bond donors (Lipinski definition) is 1. The van der Waals surface area contributed by atoms with E-state index in [9.17, 15) is 13.2 Å². The summed E-state index contributed by atoms with van der Waals surface area (Å²) in [5, 5.41) is 3.11. The highest BCUT2D eigenvalue weighted by Gasteiger charge is 2.35. The van der Waals surface area contributed by atoms with Crippen molar-refractivity contribution in [3.8, 4) is 5.75 Å². The van der Waals surface area contributed by atoms with E-state index < -0.39 is 10.0 Å². The zero-order valence-electron chi connectivity index (χ0n) is 19.9. The van der Waals surface area contributed by atoms with Gasteiger partial charge in [-0.3, -0.25) is 4.79 Å². The standard InChI is InChI=1S/C25H34N2O4S/c1-16-9-10-23(31-6)24(12-16)32(29,30)27-11-7-8-21(15-27)25(28)26-20(5)22-14-18(3)17(2)13-19(22)4/h9-10,12-14,20-21H,7-8,11,15H2,1-6H3,(H,26,28)/t20-,21-/m1/s1. The number of hydrogen-bond acceptors (Lipinski definition) is 4. The van der Waals surface area contributed by atoms with E-state index in [1.807, 2.05) is 19.9 Å². The van der Waals surface area contributed by atoms with Crippen LogP contribution in [0.25, 0.3) is 0 Å². The molecule has 0 aromatic heterocycles. The molecule has 7 heteroatoms. The van der Waals surface area contributed by atoms with E-state index in [-0.39, 0.29) is 29.3 Å². The van der Waals surface area contributed by atoms with Gasteiger partial charge in [-0.25, -0.2) is 8.42 Å². The molecule has 0 saturated carbocycles. The van der Waals surface area contributed by atoms with Crippen LogP contribution in [-0.2, 0) is 14.8 Å². The third kappa shape index (κ3) is 4.99. The van der Waals surface area contributed by atoms with E-state index in [1.54, 1.807) is 12.1 Å². The van der Waals surface area contributed by atoms with Gasteiger partial charge >= 0.3 is 0 Å². The lowest BCUT2D eigenvalue weighted by Gasteiger charge is -2.32. The second kappa shape index (κ2) is 9.63. The van der Waals surface area contributed by atoms with Gasteiger partial charge in [-0.15, -0.1) is 0 Å². The fourth-order valence-electron chi connectivity index (χ4n) is 4.36. The summed E-state index contributed by atoms with van der Waals surface area (Å²) in [5.74, 6) is -0.170. The van der Waals surface area contributed by atoms with Gasteiger partial charge in [0.25, 0.3) is 0 Å². The van der Waals surface area contributed by atoms with Crippen molar-refractivity contribution in [1.29, 1.82) is 0 Å².